The van der Waals surface area contributed by atoms with Crippen molar-refractivity contribution in [1.82, 2.24) is 0 Å². The Morgan fingerprint density at radius 3 is 0.667 bits per heavy atom. The summed E-state index contributed by atoms with van der Waals surface area (Å²) in [4.78, 5) is 0. The van der Waals surface area contributed by atoms with Gasteiger partial charge in [-0.3, -0.25) is 0 Å². The zero-order valence-corrected chi connectivity index (χ0v) is 5.46. The van der Waals surface area contributed by atoms with E-state index in [2.05, 4.69) is 0 Å². The summed E-state index contributed by atoms with van der Waals surface area (Å²) in [6.45, 7) is 0. The molecule has 0 aromatic carbocycles. The van der Waals surface area contributed by atoms with E-state index in [0.717, 1.165) is 0 Å². The van der Waals surface area contributed by atoms with Gasteiger partial charge in [0, 0.05) is 0 Å². The van der Waals surface area contributed by atoms with Crippen LogP contribution in [0.15, 0.2) is 0 Å². The first-order valence-corrected chi connectivity index (χ1v) is 0. The molecule has 0 spiro atoms. The van der Waals surface area contributed by atoms with Crippen molar-refractivity contribution < 1.29 is 66.8 Å². The maximum absolute atomic E-state index is 0. The first-order chi connectivity index (χ1) is 0. The molecule has 0 unspecified atom stereocenters. The second kappa shape index (κ2) is 95.3. The molecular weight excluding hydrogens is 221 g/mol. The van der Waals surface area contributed by atoms with E-state index in [1.54, 1.807) is 0 Å². The van der Waals surface area contributed by atoms with Crippen molar-refractivity contribution in [2.24, 2.45) is 0 Å². The second-order valence-electron chi connectivity index (χ2n) is 0. The number of hydrogen-bond donors (Lipinski definition) is 0. The topological polar surface area (TPSA) is 85.5 Å². The van der Waals surface area contributed by atoms with E-state index >= 15 is 0 Å². The standard InChI is InChI=1S/Co.Mn.Ni.3O/q3*+2;3*-2. The van der Waals surface area contributed by atoms with Crippen molar-refractivity contribution in [3.63, 3.8) is 0 Å². The molecule has 0 heterocycles. The van der Waals surface area contributed by atoms with Crippen LogP contribution in [0.5, 0.6) is 0 Å². The molecule has 0 N–H and O–H groups in total. The van der Waals surface area contributed by atoms with Crippen molar-refractivity contribution in [3.05, 3.63) is 0 Å². The summed E-state index contributed by atoms with van der Waals surface area (Å²) < 4.78 is 0. The minimum absolute atomic E-state index is 0. The summed E-state index contributed by atoms with van der Waals surface area (Å²) in [6.07, 6.45) is 0. The van der Waals surface area contributed by atoms with Gasteiger partial charge in [-0.05, 0) is 0 Å². The summed E-state index contributed by atoms with van der Waals surface area (Å²) in [6, 6.07) is 0. The summed E-state index contributed by atoms with van der Waals surface area (Å²) in [5, 5.41) is 0. The molecule has 0 saturated carbocycles. The van der Waals surface area contributed by atoms with Gasteiger partial charge < -0.3 is 16.4 Å². The van der Waals surface area contributed by atoms with E-state index in [0.29, 0.717) is 0 Å². The first kappa shape index (κ1) is 155. The van der Waals surface area contributed by atoms with Crippen LogP contribution in [0.25, 0.3) is 0 Å². The van der Waals surface area contributed by atoms with E-state index in [4.69, 9.17) is 0 Å². The Kier molecular flexibility index (Phi) is 2460. The van der Waals surface area contributed by atoms with Gasteiger partial charge in [0.1, 0.15) is 0 Å². The number of hydrogen-bond acceptors (Lipinski definition) is 0. The molecule has 0 aliphatic carbocycles. The van der Waals surface area contributed by atoms with E-state index in [-0.39, 0.29) is 66.8 Å². The van der Waals surface area contributed by atoms with Gasteiger partial charge in [-0.2, -0.15) is 0 Å². The molecule has 2 radical (unpaired) electrons. The summed E-state index contributed by atoms with van der Waals surface area (Å²) in [5.74, 6) is 0. The van der Waals surface area contributed by atoms with E-state index in [1.807, 2.05) is 0 Å². The minimum atomic E-state index is 0. The third-order valence-electron chi connectivity index (χ3n) is 0. The molecule has 6 heavy (non-hydrogen) atoms. The first-order valence-electron chi connectivity index (χ1n) is 0. The third-order valence-corrected chi connectivity index (χ3v) is 0. The van der Waals surface area contributed by atoms with Gasteiger partial charge in [0.05, 0.1) is 0 Å². The summed E-state index contributed by atoms with van der Waals surface area (Å²) in [7, 11) is 0. The number of rotatable bonds is 0. The van der Waals surface area contributed by atoms with Crippen LogP contribution in [0.3, 0.4) is 0 Å². The predicted molar refractivity (Wildman–Crippen MR) is 2.06 cm³/mol. The normalized spacial score (nSPS) is 0. The maximum atomic E-state index is 0. The van der Waals surface area contributed by atoms with Crippen LogP contribution in [-0.2, 0) is 66.8 Å². The fourth-order valence-electron chi connectivity index (χ4n) is 0. The average Bonchev–Trinajstić information content (AvgIpc) is 0. The zero-order chi connectivity index (χ0) is 0. The molecule has 6 heteroatoms. The van der Waals surface area contributed by atoms with Crippen molar-refractivity contribution in [2.45, 2.75) is 0 Å². The zero-order valence-electron chi connectivity index (χ0n) is 2.25. The molecular formula is CoMnNiO3. The molecule has 0 atom stereocenters. The maximum Gasteiger partial charge on any atom is 2.00 e. The fraction of sp³-hybridized carbons (Fsp3) is 0. The van der Waals surface area contributed by atoms with Crippen LogP contribution in [0, 0.1) is 0 Å². The van der Waals surface area contributed by atoms with Crippen molar-refractivity contribution in [3.8, 4) is 0 Å². The molecule has 0 aliphatic rings. The second-order valence-corrected chi connectivity index (χ2v) is 0. The van der Waals surface area contributed by atoms with Gasteiger partial charge in [0.2, 0.25) is 0 Å². The molecule has 3 nitrogen and oxygen atoms in total. The summed E-state index contributed by atoms with van der Waals surface area (Å²) >= 11 is 0. The Morgan fingerprint density at radius 1 is 0.667 bits per heavy atom. The predicted octanol–water partition coefficient (Wildman–Crippen LogP) is -0.364. The third kappa shape index (κ3) is 53.4. The SMILES string of the molecule is [Co+2].[Mn+2].[Ni+2].[O-2].[O-2].[O-2]. The van der Waals surface area contributed by atoms with Crippen LogP contribution in [0.2, 0.25) is 0 Å². The molecule has 44 valence electrons. The molecule has 0 aromatic heterocycles. The largest absolute Gasteiger partial charge is 2.00 e. The van der Waals surface area contributed by atoms with Gasteiger partial charge in [-0.15, -0.1) is 0 Å². The van der Waals surface area contributed by atoms with Gasteiger partial charge in [0.15, 0.2) is 0 Å². The molecule has 0 aliphatic heterocycles. The van der Waals surface area contributed by atoms with Crippen LogP contribution in [-0.4, -0.2) is 0 Å². The fourth-order valence-corrected chi connectivity index (χ4v) is 0. The van der Waals surface area contributed by atoms with E-state index in [1.165, 1.54) is 0 Å². The smallest absolute Gasteiger partial charge is 2.00 e. The quantitative estimate of drug-likeness (QED) is 0.499. The monoisotopic (exact) mass is 220 g/mol. The molecule has 0 aromatic rings. The van der Waals surface area contributed by atoms with E-state index in [9.17, 15) is 0 Å². The van der Waals surface area contributed by atoms with Crippen molar-refractivity contribution in [2.75, 3.05) is 0 Å². The van der Waals surface area contributed by atoms with Crippen LogP contribution in [0.1, 0.15) is 0 Å². The molecule has 0 saturated heterocycles. The molecule has 0 amide bonds. The Morgan fingerprint density at radius 2 is 0.667 bits per heavy atom. The average molecular weight is 221 g/mol. The molecule has 0 rings (SSSR count). The van der Waals surface area contributed by atoms with Crippen molar-refractivity contribution >= 4 is 0 Å². The van der Waals surface area contributed by atoms with Crippen LogP contribution >= 0.6 is 0 Å². The molecule has 0 fully saturated rings. The van der Waals surface area contributed by atoms with Crippen LogP contribution in [0.4, 0.5) is 0 Å². The van der Waals surface area contributed by atoms with Crippen LogP contribution < -0.4 is 0 Å². The molecule has 0 bridgehead atoms. The Labute approximate surface area is 66.8 Å². The van der Waals surface area contributed by atoms with E-state index < -0.39 is 0 Å². The van der Waals surface area contributed by atoms with Gasteiger partial charge in [0.25, 0.3) is 0 Å². The Bertz CT molecular complexity index is 10.8. The van der Waals surface area contributed by atoms with Gasteiger partial charge in [-0.1, -0.05) is 0 Å². The van der Waals surface area contributed by atoms with Crippen molar-refractivity contribution in [1.29, 1.82) is 0 Å². The van der Waals surface area contributed by atoms with Gasteiger partial charge >= 0.3 is 50.3 Å². The minimum Gasteiger partial charge on any atom is -2.00 e. The Hall–Kier alpha value is 1.40. The summed E-state index contributed by atoms with van der Waals surface area (Å²) in [5.41, 5.74) is 0. The Balaban J connectivity index is 0. The van der Waals surface area contributed by atoms with Gasteiger partial charge in [-0.25, -0.2) is 0 Å².